The van der Waals surface area contributed by atoms with Crippen LogP contribution in [-0.4, -0.2) is 23.5 Å². The van der Waals surface area contributed by atoms with Gasteiger partial charge in [0.25, 0.3) is 0 Å². The van der Waals surface area contributed by atoms with Crippen LogP contribution in [0, 0.1) is 17.8 Å². The second kappa shape index (κ2) is 2.97. The molecule has 0 unspecified atom stereocenters. The Kier molecular flexibility index (Phi) is 2.07. The van der Waals surface area contributed by atoms with E-state index in [0.29, 0.717) is 5.92 Å². The van der Waals surface area contributed by atoms with Crippen LogP contribution in [0.25, 0.3) is 0 Å². The molecule has 2 aliphatic heterocycles. The van der Waals surface area contributed by atoms with Crippen molar-refractivity contribution in [2.75, 3.05) is 0 Å². The summed E-state index contributed by atoms with van der Waals surface area (Å²) in [6.45, 7) is 7.91. The van der Waals surface area contributed by atoms with E-state index in [9.17, 15) is 9.59 Å². The number of esters is 1. The van der Waals surface area contributed by atoms with Crippen LogP contribution in [0.5, 0.6) is 0 Å². The minimum Gasteiger partial charge on any atom is -0.457 e. The van der Waals surface area contributed by atoms with Gasteiger partial charge >= 0.3 is 5.97 Å². The first-order valence-electron chi connectivity index (χ1n) is 5.44. The van der Waals surface area contributed by atoms with Crippen molar-refractivity contribution in [2.45, 2.75) is 39.3 Å². The summed E-state index contributed by atoms with van der Waals surface area (Å²) in [6.07, 6.45) is -0.269. The normalized spacial score (nSPS) is 40.6. The molecule has 0 radical (unpaired) electrons. The van der Waals surface area contributed by atoms with Gasteiger partial charge < -0.3 is 10.1 Å². The van der Waals surface area contributed by atoms with E-state index in [0.717, 1.165) is 0 Å². The molecule has 84 valence electrons. The lowest BCUT2D eigenvalue weighted by Gasteiger charge is -2.47. The highest BCUT2D eigenvalue weighted by molar-refractivity contribution is 5.99. The van der Waals surface area contributed by atoms with E-state index in [-0.39, 0.29) is 29.8 Å². The fraction of sp³-hybridized carbons (Fsp3) is 0.818. The summed E-state index contributed by atoms with van der Waals surface area (Å²) in [4.78, 5) is 23.2. The number of rotatable bonds is 2. The molecule has 4 nitrogen and oxygen atoms in total. The quantitative estimate of drug-likeness (QED) is 0.684. The van der Waals surface area contributed by atoms with Crippen molar-refractivity contribution >= 4 is 11.9 Å². The van der Waals surface area contributed by atoms with Crippen molar-refractivity contribution in [3.05, 3.63) is 0 Å². The number of ether oxygens (including phenoxy) is 1. The van der Waals surface area contributed by atoms with E-state index in [4.69, 9.17) is 4.74 Å². The number of hydrogen-bond acceptors (Lipinski definition) is 3. The van der Waals surface area contributed by atoms with Crippen molar-refractivity contribution in [3.8, 4) is 0 Å². The molecule has 0 aromatic rings. The average Bonchev–Trinajstić information content (AvgIpc) is 2.37. The molecule has 0 spiro atoms. The van der Waals surface area contributed by atoms with E-state index < -0.39 is 5.54 Å². The van der Waals surface area contributed by atoms with Crippen molar-refractivity contribution in [1.29, 1.82) is 0 Å². The van der Waals surface area contributed by atoms with Crippen LogP contribution < -0.4 is 5.32 Å². The average molecular weight is 211 g/mol. The Bertz CT molecular complexity index is 326. The lowest BCUT2D eigenvalue weighted by atomic mass is 9.71. The van der Waals surface area contributed by atoms with Gasteiger partial charge in [-0.25, -0.2) is 4.79 Å². The topological polar surface area (TPSA) is 55.4 Å². The molecule has 0 aliphatic carbocycles. The van der Waals surface area contributed by atoms with Crippen LogP contribution in [0.4, 0.5) is 0 Å². The molecule has 2 heterocycles. The molecule has 0 aromatic carbocycles. The van der Waals surface area contributed by atoms with Gasteiger partial charge in [-0.15, -0.1) is 0 Å². The highest BCUT2D eigenvalue weighted by Gasteiger charge is 2.69. The minimum atomic E-state index is -0.745. The molecule has 4 atom stereocenters. The van der Waals surface area contributed by atoms with Gasteiger partial charge in [0.05, 0.1) is 5.92 Å². The minimum absolute atomic E-state index is 0.0710. The number of carbonyl (C=O) groups excluding carboxylic acids is 2. The maximum absolute atomic E-state index is 11.6. The van der Waals surface area contributed by atoms with Gasteiger partial charge in [0.1, 0.15) is 6.10 Å². The van der Waals surface area contributed by atoms with Gasteiger partial charge in [0.15, 0.2) is 5.54 Å². The van der Waals surface area contributed by atoms with Crippen molar-refractivity contribution in [2.24, 2.45) is 17.8 Å². The van der Waals surface area contributed by atoms with E-state index in [1.807, 2.05) is 6.92 Å². The molecule has 2 saturated heterocycles. The van der Waals surface area contributed by atoms with Gasteiger partial charge in [-0.3, -0.25) is 4.79 Å². The molecule has 4 heteroatoms. The summed E-state index contributed by atoms with van der Waals surface area (Å²) >= 11 is 0. The van der Waals surface area contributed by atoms with Gasteiger partial charge in [-0.05, 0) is 18.8 Å². The zero-order valence-electron chi connectivity index (χ0n) is 9.53. The molecule has 1 amide bonds. The Morgan fingerprint density at radius 1 is 1.33 bits per heavy atom. The predicted octanol–water partition coefficient (Wildman–Crippen LogP) is 0.709. The molecule has 0 saturated carbocycles. The first-order valence-corrected chi connectivity index (χ1v) is 5.44. The summed E-state index contributed by atoms with van der Waals surface area (Å²) in [7, 11) is 0. The van der Waals surface area contributed by atoms with Crippen LogP contribution >= 0.6 is 0 Å². The number of fused-ring (bicyclic) bond motifs is 1. The maximum Gasteiger partial charge on any atom is 0.336 e. The fourth-order valence-electron chi connectivity index (χ4n) is 2.52. The smallest absolute Gasteiger partial charge is 0.336 e. The summed E-state index contributed by atoms with van der Waals surface area (Å²) in [5.74, 6) is -0.114. The molecular weight excluding hydrogens is 194 g/mol. The molecular formula is C11H17NO3. The van der Waals surface area contributed by atoms with Crippen LogP contribution in [0.3, 0.4) is 0 Å². The third-order valence-electron chi connectivity index (χ3n) is 3.94. The van der Waals surface area contributed by atoms with Crippen LogP contribution in [0.1, 0.15) is 27.7 Å². The number of carbonyl (C=O) groups is 2. The van der Waals surface area contributed by atoms with Gasteiger partial charge in [0, 0.05) is 0 Å². The number of nitrogens with one attached hydrogen (secondary N) is 1. The summed E-state index contributed by atoms with van der Waals surface area (Å²) < 4.78 is 5.10. The van der Waals surface area contributed by atoms with Crippen molar-refractivity contribution < 1.29 is 14.3 Å². The third-order valence-corrected chi connectivity index (χ3v) is 3.94. The van der Waals surface area contributed by atoms with E-state index in [1.54, 1.807) is 6.92 Å². The molecule has 0 bridgehead atoms. The van der Waals surface area contributed by atoms with Gasteiger partial charge in [0.2, 0.25) is 5.91 Å². The van der Waals surface area contributed by atoms with Crippen LogP contribution in [0.15, 0.2) is 0 Å². The Labute approximate surface area is 89.4 Å². The zero-order chi connectivity index (χ0) is 11.4. The van der Waals surface area contributed by atoms with Crippen molar-refractivity contribution in [3.63, 3.8) is 0 Å². The Morgan fingerprint density at radius 3 is 2.33 bits per heavy atom. The van der Waals surface area contributed by atoms with E-state index in [1.165, 1.54) is 0 Å². The monoisotopic (exact) mass is 211 g/mol. The van der Waals surface area contributed by atoms with E-state index in [2.05, 4.69) is 19.2 Å². The maximum atomic E-state index is 11.6. The van der Waals surface area contributed by atoms with Crippen LogP contribution in [-0.2, 0) is 14.3 Å². The molecule has 2 aliphatic rings. The standard InChI is InChI=1S/C11H17NO3/c1-5(2)7(4)11-8(15-10(11)14)6(3)9(13)12-11/h5-8H,1-4H3,(H,12,13)/t6-,7+,8+,11-/m1/s1. The van der Waals surface area contributed by atoms with Gasteiger partial charge in [-0.2, -0.15) is 0 Å². The molecule has 2 fully saturated rings. The first kappa shape index (κ1) is 10.5. The zero-order valence-corrected chi connectivity index (χ0v) is 9.53. The number of amides is 1. The molecule has 15 heavy (non-hydrogen) atoms. The number of hydrogen-bond donors (Lipinski definition) is 1. The molecule has 0 aromatic heterocycles. The second-order valence-electron chi connectivity index (χ2n) is 5.01. The SMILES string of the molecule is CC(C)[C@H](C)[C@@]12NC(=O)[C@H](C)[C@@H]1OC2=O. The second-order valence-corrected chi connectivity index (χ2v) is 5.01. The summed E-state index contributed by atoms with van der Waals surface area (Å²) in [5, 5.41) is 2.83. The Morgan fingerprint density at radius 2 is 1.93 bits per heavy atom. The summed E-state index contributed by atoms with van der Waals surface area (Å²) in [5.41, 5.74) is -0.745. The third kappa shape index (κ3) is 1.08. The van der Waals surface area contributed by atoms with Gasteiger partial charge in [-0.1, -0.05) is 20.8 Å². The van der Waals surface area contributed by atoms with Crippen LogP contribution in [0.2, 0.25) is 0 Å². The molecule has 1 N–H and O–H groups in total. The Balaban J connectivity index is 2.33. The predicted molar refractivity (Wildman–Crippen MR) is 53.9 cm³/mol. The first-order chi connectivity index (χ1) is 6.91. The van der Waals surface area contributed by atoms with E-state index >= 15 is 0 Å². The lowest BCUT2D eigenvalue weighted by Crippen LogP contribution is -2.71. The van der Waals surface area contributed by atoms with Crippen molar-refractivity contribution in [1.82, 2.24) is 5.32 Å². The fourth-order valence-corrected chi connectivity index (χ4v) is 2.52. The summed E-state index contributed by atoms with van der Waals surface area (Å²) in [6, 6.07) is 0. The highest BCUT2D eigenvalue weighted by atomic mass is 16.6. The lowest BCUT2D eigenvalue weighted by molar-refractivity contribution is -0.199. The highest BCUT2D eigenvalue weighted by Crippen LogP contribution is 2.45. The molecule has 2 rings (SSSR count). The largest absolute Gasteiger partial charge is 0.457 e. The Hall–Kier alpha value is -1.06.